The Morgan fingerprint density at radius 1 is 1.14 bits per heavy atom. The van der Waals surface area contributed by atoms with Gasteiger partial charge in [0.05, 0.1) is 11.7 Å². The zero-order chi connectivity index (χ0) is 9.54. The number of fused-ring (bicyclic) bond motifs is 2. The number of hydrogen-bond donors (Lipinski definition) is 0. The minimum atomic E-state index is 0.934. The minimum Gasteiger partial charge on any atom is -0.250 e. The predicted octanol–water partition coefficient (Wildman–Crippen LogP) is 2.12. The second-order valence-corrected chi connectivity index (χ2v) is 3.36. The van der Waals surface area contributed by atoms with Gasteiger partial charge in [-0.05, 0) is 12.1 Å². The lowest BCUT2D eigenvalue weighted by atomic mass is 10.2. The van der Waals surface area contributed by atoms with Gasteiger partial charge in [-0.3, -0.25) is 4.68 Å². The predicted molar refractivity (Wildman–Crippen MR) is 56.0 cm³/mol. The van der Waals surface area contributed by atoms with Crippen molar-refractivity contribution >= 4 is 21.9 Å². The van der Waals surface area contributed by atoms with E-state index in [1.807, 2.05) is 31.4 Å². The van der Waals surface area contributed by atoms with Crippen molar-refractivity contribution in [2.75, 3.05) is 0 Å². The highest BCUT2D eigenvalue weighted by molar-refractivity contribution is 5.90. The first-order valence-corrected chi connectivity index (χ1v) is 4.52. The standard InChI is InChI=1S/C11H9N3/c1-14-11-9(7-12-14)6-8-4-2-3-5-10(8)13-11/h2-7H,1H3. The van der Waals surface area contributed by atoms with Crippen molar-refractivity contribution in [2.45, 2.75) is 0 Å². The van der Waals surface area contributed by atoms with Crippen LogP contribution in [-0.2, 0) is 7.05 Å². The van der Waals surface area contributed by atoms with Crippen LogP contribution >= 0.6 is 0 Å². The van der Waals surface area contributed by atoms with E-state index in [0.29, 0.717) is 0 Å². The van der Waals surface area contributed by atoms with Crippen molar-refractivity contribution in [3.05, 3.63) is 36.5 Å². The Kier molecular flexibility index (Phi) is 1.36. The maximum absolute atomic E-state index is 4.54. The van der Waals surface area contributed by atoms with Gasteiger partial charge < -0.3 is 0 Å². The fourth-order valence-corrected chi connectivity index (χ4v) is 1.68. The zero-order valence-corrected chi connectivity index (χ0v) is 7.81. The summed E-state index contributed by atoms with van der Waals surface area (Å²) in [5, 5.41) is 6.42. The van der Waals surface area contributed by atoms with Crippen LogP contribution in [0.1, 0.15) is 0 Å². The zero-order valence-electron chi connectivity index (χ0n) is 7.81. The summed E-state index contributed by atoms with van der Waals surface area (Å²) in [6, 6.07) is 10.2. The van der Waals surface area contributed by atoms with Gasteiger partial charge in [0, 0.05) is 17.8 Å². The molecule has 0 aliphatic rings. The molecular formula is C11H9N3. The lowest BCUT2D eigenvalue weighted by molar-refractivity contribution is 0.788. The number of aryl methyl sites for hydroxylation is 1. The third-order valence-corrected chi connectivity index (χ3v) is 2.41. The quantitative estimate of drug-likeness (QED) is 0.534. The fraction of sp³-hybridized carbons (Fsp3) is 0.0909. The summed E-state index contributed by atoms with van der Waals surface area (Å²) in [5.41, 5.74) is 1.95. The van der Waals surface area contributed by atoms with Crippen LogP contribution in [0.2, 0.25) is 0 Å². The van der Waals surface area contributed by atoms with E-state index < -0.39 is 0 Å². The Morgan fingerprint density at radius 2 is 2.00 bits per heavy atom. The van der Waals surface area contributed by atoms with Gasteiger partial charge in [0.1, 0.15) is 0 Å². The van der Waals surface area contributed by atoms with Crippen molar-refractivity contribution in [3.63, 3.8) is 0 Å². The molecule has 0 aliphatic heterocycles. The second kappa shape index (κ2) is 2.54. The molecule has 0 unspecified atom stereocenters. The Hall–Kier alpha value is -1.90. The monoisotopic (exact) mass is 183 g/mol. The fourth-order valence-electron chi connectivity index (χ4n) is 1.68. The Morgan fingerprint density at radius 3 is 2.93 bits per heavy atom. The number of aromatic nitrogens is 3. The van der Waals surface area contributed by atoms with Gasteiger partial charge >= 0.3 is 0 Å². The number of para-hydroxylation sites is 1. The summed E-state index contributed by atoms with van der Waals surface area (Å²) < 4.78 is 1.79. The second-order valence-electron chi connectivity index (χ2n) is 3.36. The van der Waals surface area contributed by atoms with E-state index in [4.69, 9.17) is 0 Å². The molecule has 0 radical (unpaired) electrons. The van der Waals surface area contributed by atoms with Gasteiger partial charge in [-0.2, -0.15) is 5.10 Å². The van der Waals surface area contributed by atoms with Gasteiger partial charge in [-0.1, -0.05) is 18.2 Å². The van der Waals surface area contributed by atoms with Gasteiger partial charge in [0.2, 0.25) is 0 Å². The van der Waals surface area contributed by atoms with E-state index in [0.717, 1.165) is 21.9 Å². The number of hydrogen-bond acceptors (Lipinski definition) is 2. The first kappa shape index (κ1) is 7.50. The maximum atomic E-state index is 4.54. The van der Waals surface area contributed by atoms with Crippen LogP contribution < -0.4 is 0 Å². The van der Waals surface area contributed by atoms with Crippen LogP contribution in [0.25, 0.3) is 21.9 Å². The number of pyridine rings is 1. The summed E-state index contributed by atoms with van der Waals surface area (Å²) in [7, 11) is 1.91. The highest BCUT2D eigenvalue weighted by atomic mass is 15.3. The molecule has 1 aromatic carbocycles. The van der Waals surface area contributed by atoms with Gasteiger partial charge in [0.25, 0.3) is 0 Å². The highest BCUT2D eigenvalue weighted by Crippen LogP contribution is 2.18. The SMILES string of the molecule is Cn1ncc2cc3ccccc3nc21. The van der Waals surface area contributed by atoms with Crippen LogP contribution in [0.15, 0.2) is 36.5 Å². The Bertz CT molecular complexity index is 610. The summed E-state index contributed by atoms with van der Waals surface area (Å²) >= 11 is 0. The van der Waals surface area contributed by atoms with Gasteiger partial charge in [-0.25, -0.2) is 4.98 Å². The highest BCUT2D eigenvalue weighted by Gasteiger charge is 2.02. The van der Waals surface area contributed by atoms with Crippen LogP contribution in [0.5, 0.6) is 0 Å². The molecule has 0 atom stereocenters. The van der Waals surface area contributed by atoms with Gasteiger partial charge in [-0.15, -0.1) is 0 Å². The lowest BCUT2D eigenvalue weighted by Gasteiger charge is -1.97. The molecule has 0 N–H and O–H groups in total. The molecule has 2 heterocycles. The topological polar surface area (TPSA) is 30.7 Å². The molecule has 68 valence electrons. The minimum absolute atomic E-state index is 0.934. The van der Waals surface area contributed by atoms with Crippen molar-refractivity contribution in [2.24, 2.45) is 7.05 Å². The molecule has 3 rings (SSSR count). The molecule has 3 nitrogen and oxygen atoms in total. The average molecular weight is 183 g/mol. The molecule has 0 saturated heterocycles. The van der Waals surface area contributed by atoms with E-state index in [1.165, 1.54) is 0 Å². The third-order valence-electron chi connectivity index (χ3n) is 2.41. The molecule has 0 bridgehead atoms. The molecule has 0 spiro atoms. The maximum Gasteiger partial charge on any atom is 0.158 e. The van der Waals surface area contributed by atoms with E-state index in [1.54, 1.807) is 4.68 Å². The molecule has 3 heteroatoms. The lowest BCUT2D eigenvalue weighted by Crippen LogP contribution is -1.91. The number of nitrogens with zero attached hydrogens (tertiary/aromatic N) is 3. The van der Waals surface area contributed by atoms with Crippen LogP contribution in [-0.4, -0.2) is 14.8 Å². The van der Waals surface area contributed by atoms with E-state index >= 15 is 0 Å². The summed E-state index contributed by atoms with van der Waals surface area (Å²) in [5.74, 6) is 0. The molecule has 0 aliphatic carbocycles. The first-order valence-electron chi connectivity index (χ1n) is 4.52. The average Bonchev–Trinajstić information content (AvgIpc) is 2.57. The van der Waals surface area contributed by atoms with Crippen molar-refractivity contribution in [1.29, 1.82) is 0 Å². The summed E-state index contributed by atoms with van der Waals surface area (Å²) in [6.45, 7) is 0. The summed E-state index contributed by atoms with van der Waals surface area (Å²) in [4.78, 5) is 4.54. The smallest absolute Gasteiger partial charge is 0.158 e. The molecular weight excluding hydrogens is 174 g/mol. The molecule has 0 amide bonds. The number of benzene rings is 1. The molecule has 0 saturated carbocycles. The number of rotatable bonds is 0. The van der Waals surface area contributed by atoms with Crippen LogP contribution in [0.4, 0.5) is 0 Å². The largest absolute Gasteiger partial charge is 0.250 e. The van der Waals surface area contributed by atoms with Crippen molar-refractivity contribution in [1.82, 2.24) is 14.8 Å². The third kappa shape index (κ3) is 0.923. The Labute approximate surface area is 81.0 Å². The van der Waals surface area contributed by atoms with Crippen LogP contribution in [0.3, 0.4) is 0 Å². The summed E-state index contributed by atoms with van der Waals surface area (Å²) in [6.07, 6.45) is 1.84. The van der Waals surface area contributed by atoms with E-state index in [9.17, 15) is 0 Å². The molecule has 2 aromatic heterocycles. The van der Waals surface area contributed by atoms with E-state index in [-0.39, 0.29) is 0 Å². The van der Waals surface area contributed by atoms with Crippen LogP contribution in [0, 0.1) is 0 Å². The van der Waals surface area contributed by atoms with Crippen molar-refractivity contribution in [3.8, 4) is 0 Å². The van der Waals surface area contributed by atoms with Crippen molar-refractivity contribution < 1.29 is 0 Å². The van der Waals surface area contributed by atoms with Gasteiger partial charge in [0.15, 0.2) is 5.65 Å². The normalized spacial score (nSPS) is 11.2. The molecule has 3 aromatic rings. The molecule has 14 heavy (non-hydrogen) atoms. The van der Waals surface area contributed by atoms with E-state index in [2.05, 4.69) is 22.2 Å². The molecule has 0 fully saturated rings. The Balaban J connectivity index is 2.54. The first-order chi connectivity index (χ1) is 6.84.